The molecule has 182 valence electrons. The van der Waals surface area contributed by atoms with Gasteiger partial charge in [0, 0.05) is 11.3 Å². The van der Waals surface area contributed by atoms with E-state index in [2.05, 4.69) is 44.1 Å². The Morgan fingerprint density at radius 3 is 1.82 bits per heavy atom. The number of hydrogen-bond acceptors (Lipinski definition) is 4. The number of alkyl halides is 3. The van der Waals surface area contributed by atoms with E-state index in [1.165, 1.54) is 48.5 Å². The van der Waals surface area contributed by atoms with Crippen molar-refractivity contribution in [2.45, 2.75) is 67.2 Å². The van der Waals surface area contributed by atoms with Crippen molar-refractivity contribution < 1.29 is 22.7 Å². The van der Waals surface area contributed by atoms with Gasteiger partial charge in [-0.25, -0.2) is 5.01 Å². The van der Waals surface area contributed by atoms with E-state index in [1.807, 2.05) is 0 Å². The predicted molar refractivity (Wildman–Crippen MR) is 131 cm³/mol. The van der Waals surface area contributed by atoms with Crippen molar-refractivity contribution in [2.75, 3.05) is 5.01 Å². The van der Waals surface area contributed by atoms with Crippen LogP contribution in [0, 0.1) is 0 Å². The number of nitrogens with zero attached hydrogens (tertiary/aromatic N) is 2. The molecule has 0 aliphatic rings. The maximum atomic E-state index is 12.3. The van der Waals surface area contributed by atoms with E-state index in [4.69, 9.17) is 0 Å². The second-order valence-electron chi connectivity index (χ2n) is 7.22. The summed E-state index contributed by atoms with van der Waals surface area (Å²) in [6.07, 6.45) is -0.0982. The largest absolute Gasteiger partial charge is 0.573 e. The van der Waals surface area contributed by atoms with Crippen LogP contribution in [0.5, 0.6) is 5.75 Å². The molecule has 0 aliphatic carbocycles. The number of halogens is 3. The maximum Gasteiger partial charge on any atom is 0.573 e. The van der Waals surface area contributed by atoms with Gasteiger partial charge in [-0.3, -0.25) is 4.79 Å². The van der Waals surface area contributed by atoms with E-state index in [0.717, 1.165) is 11.8 Å². The molecule has 7 heteroatoms. The van der Waals surface area contributed by atoms with Crippen molar-refractivity contribution in [2.24, 2.45) is 5.10 Å². The molecule has 0 unspecified atom stereocenters. The van der Waals surface area contributed by atoms with Gasteiger partial charge in [0.2, 0.25) is 0 Å². The van der Waals surface area contributed by atoms with Crippen LogP contribution in [0.1, 0.15) is 76.7 Å². The monoisotopic (exact) mass is 464 g/mol. The number of benzene rings is 2. The van der Waals surface area contributed by atoms with Crippen molar-refractivity contribution in [3.63, 3.8) is 0 Å². The van der Waals surface area contributed by atoms with Gasteiger partial charge in [0.1, 0.15) is 12.0 Å². The van der Waals surface area contributed by atoms with Gasteiger partial charge >= 0.3 is 6.36 Å². The first-order chi connectivity index (χ1) is 15.5. The number of carbonyl (C=O) groups excluding carboxylic acids is 1. The molecule has 0 atom stereocenters. The number of anilines is 1. The number of hydrogen-bond donors (Lipinski definition) is 0. The molecule has 0 amide bonds. The van der Waals surface area contributed by atoms with Gasteiger partial charge in [-0.15, -0.1) is 13.2 Å². The zero-order valence-corrected chi connectivity index (χ0v) is 20.4. The molecule has 0 radical (unpaired) electrons. The van der Waals surface area contributed by atoms with Gasteiger partial charge in [-0.2, -0.15) is 5.10 Å². The third-order valence-electron chi connectivity index (χ3n) is 3.89. The summed E-state index contributed by atoms with van der Waals surface area (Å²) in [7, 11) is 0. The maximum absolute atomic E-state index is 12.3. The summed E-state index contributed by atoms with van der Waals surface area (Å²) >= 11 is 0. The lowest BCUT2D eigenvalue weighted by Gasteiger charge is -2.20. The van der Waals surface area contributed by atoms with Crippen molar-refractivity contribution >= 4 is 17.7 Å². The lowest BCUT2D eigenvalue weighted by atomic mass is 10.1. The number of allylic oxidation sites excluding steroid dienone is 1. The molecular weight excluding hydrogens is 429 g/mol. The van der Waals surface area contributed by atoms with E-state index in [-0.39, 0.29) is 5.75 Å². The molecular formula is C26H35F3N2O2. The lowest BCUT2D eigenvalue weighted by Crippen LogP contribution is -2.18. The van der Waals surface area contributed by atoms with E-state index >= 15 is 0 Å². The number of ether oxygens (including phenoxy) is 1. The van der Waals surface area contributed by atoms with Gasteiger partial charge in [-0.1, -0.05) is 77.8 Å². The van der Waals surface area contributed by atoms with Crippen molar-refractivity contribution in [1.29, 1.82) is 0 Å². The van der Waals surface area contributed by atoms with Crippen LogP contribution in [-0.2, 0) is 0 Å². The van der Waals surface area contributed by atoms with Crippen molar-refractivity contribution in [3.05, 3.63) is 71.9 Å². The summed E-state index contributed by atoms with van der Waals surface area (Å²) in [6, 6.07) is 12.2. The van der Waals surface area contributed by atoms with Gasteiger partial charge in [0.15, 0.2) is 0 Å². The third kappa shape index (κ3) is 12.5. The molecule has 0 saturated carbocycles. The molecule has 2 aromatic carbocycles. The van der Waals surface area contributed by atoms with Crippen molar-refractivity contribution in [1.82, 2.24) is 0 Å². The normalized spacial score (nSPS) is 10.8. The minimum Gasteiger partial charge on any atom is -0.406 e. The fraction of sp³-hybridized carbons (Fsp3) is 0.385. The Hall–Kier alpha value is -3.09. The van der Waals surface area contributed by atoms with Crippen LogP contribution in [0.4, 0.5) is 18.9 Å². The van der Waals surface area contributed by atoms with E-state index in [0.29, 0.717) is 22.7 Å². The van der Waals surface area contributed by atoms with Crippen LogP contribution in [0.3, 0.4) is 0 Å². The van der Waals surface area contributed by atoms with E-state index in [9.17, 15) is 18.0 Å². The molecule has 0 N–H and O–H groups in total. The molecule has 0 saturated heterocycles. The average Bonchev–Trinajstić information content (AvgIpc) is 2.77. The zero-order valence-electron chi connectivity index (χ0n) is 20.4. The zero-order chi connectivity index (χ0) is 25.4. The van der Waals surface area contributed by atoms with Gasteiger partial charge < -0.3 is 4.74 Å². The summed E-state index contributed by atoms with van der Waals surface area (Å²) in [6.45, 7) is 16.0. The Morgan fingerprint density at radius 1 is 0.970 bits per heavy atom. The second kappa shape index (κ2) is 15.7. The first kappa shape index (κ1) is 29.9. The first-order valence-corrected chi connectivity index (χ1v) is 10.9. The quantitative estimate of drug-likeness (QED) is 0.235. The minimum absolute atomic E-state index is 0.312. The molecule has 33 heavy (non-hydrogen) atoms. The van der Waals surface area contributed by atoms with Gasteiger partial charge in [0.25, 0.3) is 0 Å². The van der Waals surface area contributed by atoms with Crippen LogP contribution < -0.4 is 9.75 Å². The van der Waals surface area contributed by atoms with E-state index < -0.39 is 6.36 Å². The highest BCUT2D eigenvalue weighted by Crippen LogP contribution is 2.27. The standard InChI is InChI=1S/C19H17F3N2O2.C4H10.C3H8/c1-13(2)24(17-8-10-18(11-9-17)26-19(20,21)22)23-14(3)16-6-4-15(12-25)5-7-16;1-3-4-2;1-3-2/h4-12H,1H2,2-3H3;3-4H2,1-2H3;3H2,1-2H3/b23-14+;;. The Balaban J connectivity index is 0.00000129. The summed E-state index contributed by atoms with van der Waals surface area (Å²) in [4.78, 5) is 10.7. The molecule has 0 fully saturated rings. The van der Waals surface area contributed by atoms with Crippen LogP contribution in [0.15, 0.2) is 65.9 Å². The molecule has 4 nitrogen and oxygen atoms in total. The molecule has 0 aliphatic heterocycles. The molecule has 2 aromatic rings. The Bertz CT molecular complexity index is 857. The Kier molecular flexibility index (Phi) is 14.2. The highest BCUT2D eigenvalue weighted by molar-refractivity contribution is 5.99. The number of carbonyl (C=O) groups is 1. The minimum atomic E-state index is -4.74. The van der Waals surface area contributed by atoms with Crippen LogP contribution >= 0.6 is 0 Å². The average molecular weight is 465 g/mol. The Labute approximate surface area is 195 Å². The van der Waals surface area contributed by atoms with Crippen LogP contribution in [0.25, 0.3) is 0 Å². The molecule has 0 spiro atoms. The summed E-state index contributed by atoms with van der Waals surface area (Å²) in [5.41, 5.74) is 3.13. The van der Waals surface area contributed by atoms with Gasteiger partial charge in [0.05, 0.1) is 11.4 Å². The summed E-state index contributed by atoms with van der Waals surface area (Å²) < 4.78 is 40.6. The van der Waals surface area contributed by atoms with Crippen LogP contribution in [0.2, 0.25) is 0 Å². The lowest BCUT2D eigenvalue weighted by molar-refractivity contribution is -0.274. The number of unbranched alkanes of at least 4 members (excludes halogenated alkanes) is 1. The molecule has 0 heterocycles. The van der Waals surface area contributed by atoms with Crippen LogP contribution in [-0.4, -0.2) is 18.4 Å². The highest BCUT2D eigenvalue weighted by Gasteiger charge is 2.31. The van der Waals surface area contributed by atoms with Crippen molar-refractivity contribution in [3.8, 4) is 5.75 Å². The fourth-order valence-corrected chi connectivity index (χ4v) is 2.16. The fourth-order valence-electron chi connectivity index (χ4n) is 2.16. The van der Waals surface area contributed by atoms with Gasteiger partial charge in [-0.05, 0) is 43.7 Å². The highest BCUT2D eigenvalue weighted by atomic mass is 19.4. The van der Waals surface area contributed by atoms with E-state index in [1.54, 1.807) is 38.1 Å². The smallest absolute Gasteiger partial charge is 0.406 e. The summed E-state index contributed by atoms with van der Waals surface area (Å²) in [5, 5.41) is 5.99. The SMILES string of the molecule is C=C(C)N(/N=C(\C)c1ccc(C=O)cc1)c1ccc(OC(F)(F)F)cc1.CCC.CCCC. The molecule has 2 rings (SSSR count). The molecule has 0 aromatic heterocycles. The Morgan fingerprint density at radius 2 is 1.45 bits per heavy atom. The first-order valence-electron chi connectivity index (χ1n) is 10.9. The topological polar surface area (TPSA) is 41.9 Å². The number of aldehydes is 1. The molecule has 0 bridgehead atoms. The predicted octanol–water partition coefficient (Wildman–Crippen LogP) is 8.38. The third-order valence-corrected chi connectivity index (χ3v) is 3.89. The number of hydrazone groups is 1. The second-order valence-corrected chi connectivity index (χ2v) is 7.22. The number of rotatable bonds is 7. The summed E-state index contributed by atoms with van der Waals surface area (Å²) in [5.74, 6) is -0.312.